The van der Waals surface area contributed by atoms with Gasteiger partial charge in [0, 0.05) is 19.7 Å². The van der Waals surface area contributed by atoms with E-state index in [-0.39, 0.29) is 11.9 Å². The van der Waals surface area contributed by atoms with Crippen LogP contribution in [0.2, 0.25) is 0 Å². The minimum atomic E-state index is -1.02. The molecule has 7 heteroatoms. The molecule has 29 heavy (non-hydrogen) atoms. The Balaban J connectivity index is 1.94. The van der Waals surface area contributed by atoms with Gasteiger partial charge < -0.3 is 19.7 Å². The van der Waals surface area contributed by atoms with Crippen molar-refractivity contribution in [3.05, 3.63) is 53.6 Å². The summed E-state index contributed by atoms with van der Waals surface area (Å²) in [5.74, 6) is 0.870. The second-order valence-corrected chi connectivity index (χ2v) is 8.23. The van der Waals surface area contributed by atoms with Crippen LogP contribution in [0.3, 0.4) is 0 Å². The van der Waals surface area contributed by atoms with Crippen molar-refractivity contribution in [1.82, 2.24) is 10.2 Å². The standard InChI is InChI=1S/C22H25N3O3S/c1-13-10-11-16-14(12-13)19-18(20(26)24(3)4)22(2,28-16)25(21(29)23-19)15-8-6-7-9-17(15)27-5/h6-12,18-19H,1-5H3,(H,23,29)/t18-,19+,22+/m1/s1. The molecule has 6 nitrogen and oxygen atoms in total. The lowest BCUT2D eigenvalue weighted by Crippen LogP contribution is -2.72. The lowest BCUT2D eigenvalue weighted by Gasteiger charge is -2.56. The summed E-state index contributed by atoms with van der Waals surface area (Å²) in [6.07, 6.45) is 0. The number of carbonyl (C=O) groups excluding carboxylic acids is 1. The van der Waals surface area contributed by atoms with Crippen LogP contribution in [0.25, 0.3) is 0 Å². The van der Waals surface area contributed by atoms with Gasteiger partial charge in [0.2, 0.25) is 5.91 Å². The maximum absolute atomic E-state index is 13.4. The number of para-hydroxylation sites is 2. The lowest BCUT2D eigenvalue weighted by molar-refractivity contribution is -0.144. The molecular weight excluding hydrogens is 386 g/mol. The largest absolute Gasteiger partial charge is 0.495 e. The maximum atomic E-state index is 13.4. The molecule has 3 atom stereocenters. The maximum Gasteiger partial charge on any atom is 0.233 e. The third kappa shape index (κ3) is 2.92. The molecule has 1 fully saturated rings. The Labute approximate surface area is 176 Å². The van der Waals surface area contributed by atoms with E-state index in [0.29, 0.717) is 10.9 Å². The third-order valence-electron chi connectivity index (χ3n) is 5.69. The average molecular weight is 412 g/mol. The molecule has 0 aliphatic carbocycles. The number of hydrogen-bond acceptors (Lipinski definition) is 4. The highest BCUT2D eigenvalue weighted by molar-refractivity contribution is 7.80. The van der Waals surface area contributed by atoms with Gasteiger partial charge in [0.25, 0.3) is 0 Å². The molecule has 2 heterocycles. The van der Waals surface area contributed by atoms with Crippen molar-refractivity contribution in [2.24, 2.45) is 5.92 Å². The first kappa shape index (κ1) is 19.5. The van der Waals surface area contributed by atoms with Gasteiger partial charge in [0.1, 0.15) is 17.4 Å². The number of ether oxygens (including phenoxy) is 2. The van der Waals surface area contributed by atoms with Crippen LogP contribution in [0.4, 0.5) is 5.69 Å². The normalized spacial score (nSPS) is 24.9. The molecule has 0 unspecified atom stereocenters. The number of thiocarbonyl (C=S) groups is 1. The van der Waals surface area contributed by atoms with E-state index in [4.69, 9.17) is 21.7 Å². The third-order valence-corrected chi connectivity index (χ3v) is 5.99. The van der Waals surface area contributed by atoms with E-state index in [1.807, 2.05) is 55.1 Å². The first-order valence-corrected chi connectivity index (χ1v) is 9.93. The topological polar surface area (TPSA) is 54.0 Å². The van der Waals surface area contributed by atoms with E-state index in [1.54, 1.807) is 26.1 Å². The summed E-state index contributed by atoms with van der Waals surface area (Å²) in [4.78, 5) is 16.8. The van der Waals surface area contributed by atoms with E-state index in [2.05, 4.69) is 11.4 Å². The van der Waals surface area contributed by atoms with E-state index in [0.717, 1.165) is 22.6 Å². The van der Waals surface area contributed by atoms with Gasteiger partial charge in [-0.15, -0.1) is 0 Å². The number of aryl methyl sites for hydroxylation is 1. The highest BCUT2D eigenvalue weighted by Crippen LogP contribution is 2.51. The van der Waals surface area contributed by atoms with Crippen LogP contribution in [-0.2, 0) is 4.79 Å². The van der Waals surface area contributed by atoms with Crippen molar-refractivity contribution in [3.63, 3.8) is 0 Å². The van der Waals surface area contributed by atoms with Crippen molar-refractivity contribution in [2.45, 2.75) is 25.6 Å². The van der Waals surface area contributed by atoms with Crippen LogP contribution in [-0.4, -0.2) is 42.8 Å². The van der Waals surface area contributed by atoms with Crippen molar-refractivity contribution in [2.75, 3.05) is 26.1 Å². The molecule has 2 aliphatic rings. The smallest absolute Gasteiger partial charge is 0.233 e. The van der Waals surface area contributed by atoms with Gasteiger partial charge in [0.15, 0.2) is 10.8 Å². The first-order chi connectivity index (χ1) is 13.8. The van der Waals surface area contributed by atoms with Crippen molar-refractivity contribution in [1.29, 1.82) is 0 Å². The number of hydrogen-bond donors (Lipinski definition) is 1. The first-order valence-electron chi connectivity index (χ1n) is 9.52. The van der Waals surface area contributed by atoms with Crippen LogP contribution < -0.4 is 19.7 Å². The molecule has 0 spiro atoms. The molecule has 1 saturated heterocycles. The number of anilines is 1. The highest BCUT2D eigenvalue weighted by Gasteiger charge is 2.59. The van der Waals surface area contributed by atoms with Crippen LogP contribution in [0.1, 0.15) is 24.1 Å². The van der Waals surface area contributed by atoms with Crippen LogP contribution in [0.5, 0.6) is 11.5 Å². The Hall–Kier alpha value is -2.80. The highest BCUT2D eigenvalue weighted by atomic mass is 32.1. The molecule has 4 rings (SSSR count). The number of nitrogens with one attached hydrogen (secondary N) is 1. The van der Waals surface area contributed by atoms with Crippen molar-refractivity contribution >= 4 is 28.9 Å². The van der Waals surface area contributed by atoms with Gasteiger partial charge in [-0.3, -0.25) is 9.69 Å². The Morgan fingerprint density at radius 1 is 1.28 bits per heavy atom. The van der Waals surface area contributed by atoms with Gasteiger partial charge in [0.05, 0.1) is 18.8 Å². The lowest BCUT2D eigenvalue weighted by atomic mass is 9.78. The average Bonchev–Trinajstić information content (AvgIpc) is 2.68. The molecule has 0 radical (unpaired) electrons. The van der Waals surface area contributed by atoms with E-state index in [1.165, 1.54) is 0 Å². The summed E-state index contributed by atoms with van der Waals surface area (Å²) < 4.78 is 12.1. The van der Waals surface area contributed by atoms with Gasteiger partial charge in [-0.1, -0.05) is 29.8 Å². The summed E-state index contributed by atoms with van der Waals surface area (Å²) in [5.41, 5.74) is 1.78. The number of rotatable bonds is 3. The fourth-order valence-electron chi connectivity index (χ4n) is 4.34. The minimum Gasteiger partial charge on any atom is -0.495 e. The molecule has 152 valence electrons. The molecule has 0 aromatic heterocycles. The van der Waals surface area contributed by atoms with Crippen molar-refractivity contribution < 1.29 is 14.3 Å². The quantitative estimate of drug-likeness (QED) is 0.783. The number of benzene rings is 2. The molecular formula is C22H25N3O3S. The Bertz CT molecular complexity index is 993. The Morgan fingerprint density at radius 3 is 2.69 bits per heavy atom. The van der Waals surface area contributed by atoms with Gasteiger partial charge in [-0.25, -0.2) is 0 Å². The van der Waals surface area contributed by atoms with E-state index >= 15 is 0 Å². The van der Waals surface area contributed by atoms with Gasteiger partial charge >= 0.3 is 0 Å². The number of amides is 1. The number of nitrogens with zero attached hydrogens (tertiary/aromatic N) is 2. The molecule has 2 aromatic carbocycles. The second kappa shape index (κ2) is 6.91. The predicted octanol–water partition coefficient (Wildman–Crippen LogP) is 3.25. The number of fused-ring (bicyclic) bond motifs is 4. The van der Waals surface area contributed by atoms with Gasteiger partial charge in [-0.05, 0) is 44.3 Å². The zero-order chi connectivity index (χ0) is 20.9. The predicted molar refractivity (Wildman–Crippen MR) is 116 cm³/mol. The van der Waals surface area contributed by atoms with Gasteiger partial charge in [-0.2, -0.15) is 0 Å². The fraction of sp³-hybridized carbons (Fsp3) is 0.364. The zero-order valence-corrected chi connectivity index (χ0v) is 18.0. The molecule has 1 N–H and O–H groups in total. The number of carbonyl (C=O) groups is 1. The van der Waals surface area contributed by atoms with E-state index < -0.39 is 11.6 Å². The second-order valence-electron chi connectivity index (χ2n) is 7.84. The minimum absolute atomic E-state index is 0.0282. The molecule has 2 aliphatic heterocycles. The SMILES string of the molecule is COc1ccccc1N1C(=S)N[C@H]2c3cc(C)ccc3O[C@@]1(C)[C@H]2C(=O)N(C)C. The molecule has 1 amide bonds. The summed E-state index contributed by atoms with van der Waals surface area (Å²) in [5, 5.41) is 3.91. The molecule has 2 aromatic rings. The molecule has 0 saturated carbocycles. The monoisotopic (exact) mass is 411 g/mol. The zero-order valence-electron chi connectivity index (χ0n) is 17.2. The Morgan fingerprint density at radius 2 is 2.00 bits per heavy atom. The summed E-state index contributed by atoms with van der Waals surface area (Å²) >= 11 is 5.76. The Kier molecular flexibility index (Phi) is 4.65. The van der Waals surface area contributed by atoms with Crippen LogP contribution >= 0.6 is 12.2 Å². The summed E-state index contributed by atoms with van der Waals surface area (Å²) in [6, 6.07) is 13.4. The van der Waals surface area contributed by atoms with Crippen LogP contribution in [0.15, 0.2) is 42.5 Å². The number of methoxy groups -OCH3 is 1. The molecule has 2 bridgehead atoms. The van der Waals surface area contributed by atoms with Crippen molar-refractivity contribution in [3.8, 4) is 11.5 Å². The summed E-state index contributed by atoms with van der Waals surface area (Å²) in [6.45, 7) is 3.95. The fourth-order valence-corrected chi connectivity index (χ4v) is 4.74. The van der Waals surface area contributed by atoms with Crippen LogP contribution in [0, 0.1) is 12.8 Å². The summed E-state index contributed by atoms with van der Waals surface area (Å²) in [7, 11) is 5.14. The van der Waals surface area contributed by atoms with E-state index in [9.17, 15) is 4.79 Å².